The highest BCUT2D eigenvalue weighted by Gasteiger charge is 2.24. The maximum atomic E-state index is 12.2. The molecule has 0 saturated carbocycles. The molecule has 0 saturated heterocycles. The topological polar surface area (TPSA) is 81.4 Å². The third kappa shape index (κ3) is 4.68. The second kappa shape index (κ2) is 8.46. The number of carbonyl (C=O) groups excluding carboxylic acids is 2. The molecule has 2 rings (SSSR count). The number of hydrogen-bond acceptors (Lipinski definition) is 5. The van der Waals surface area contributed by atoms with Crippen LogP contribution in [-0.2, 0) is 9.53 Å². The van der Waals surface area contributed by atoms with E-state index in [4.69, 9.17) is 9.26 Å². The van der Waals surface area contributed by atoms with Gasteiger partial charge in [0.1, 0.15) is 11.3 Å². The molecule has 2 atom stereocenters. The van der Waals surface area contributed by atoms with E-state index in [1.54, 1.807) is 20.8 Å². The van der Waals surface area contributed by atoms with E-state index in [0.717, 1.165) is 6.42 Å². The zero-order valence-electron chi connectivity index (χ0n) is 15.0. The Balaban J connectivity index is 1.91. The third-order valence-electron chi connectivity index (χ3n) is 4.18. The van der Waals surface area contributed by atoms with E-state index in [1.165, 1.54) is 5.56 Å². The van der Waals surface area contributed by atoms with Crippen LogP contribution in [0.15, 0.2) is 34.9 Å². The molecule has 6 heteroatoms. The SMILES string of the molecule is CC[C@H](CNC(=O)[C@@H](C)OC(=O)c1c(C)noc1C)c1ccccc1. The van der Waals surface area contributed by atoms with Gasteiger partial charge in [-0.3, -0.25) is 4.79 Å². The van der Waals surface area contributed by atoms with Crippen LogP contribution in [0.5, 0.6) is 0 Å². The molecule has 0 aliphatic rings. The molecular weight excluding hydrogens is 320 g/mol. The molecule has 1 aromatic carbocycles. The maximum Gasteiger partial charge on any atom is 0.344 e. The fourth-order valence-corrected chi connectivity index (χ4v) is 2.64. The number of benzene rings is 1. The molecule has 0 aliphatic heterocycles. The van der Waals surface area contributed by atoms with E-state index in [2.05, 4.69) is 17.4 Å². The van der Waals surface area contributed by atoms with Gasteiger partial charge in [0.15, 0.2) is 6.10 Å². The lowest BCUT2D eigenvalue weighted by atomic mass is 9.96. The van der Waals surface area contributed by atoms with Gasteiger partial charge in [0.2, 0.25) is 0 Å². The van der Waals surface area contributed by atoms with Gasteiger partial charge >= 0.3 is 5.97 Å². The fourth-order valence-electron chi connectivity index (χ4n) is 2.64. The Labute approximate surface area is 147 Å². The quantitative estimate of drug-likeness (QED) is 0.780. The predicted octanol–water partition coefficient (Wildman–Crippen LogP) is 3.15. The Morgan fingerprint density at radius 3 is 2.48 bits per heavy atom. The van der Waals surface area contributed by atoms with Crippen LogP contribution in [0, 0.1) is 13.8 Å². The van der Waals surface area contributed by atoms with E-state index >= 15 is 0 Å². The molecule has 134 valence electrons. The molecule has 0 fully saturated rings. The normalized spacial score (nSPS) is 13.1. The Morgan fingerprint density at radius 2 is 1.92 bits per heavy atom. The molecule has 0 aliphatic carbocycles. The Morgan fingerprint density at radius 1 is 1.24 bits per heavy atom. The number of hydrogen-bond donors (Lipinski definition) is 1. The Kier molecular flexibility index (Phi) is 6.33. The maximum absolute atomic E-state index is 12.2. The largest absolute Gasteiger partial charge is 0.449 e. The molecule has 0 unspecified atom stereocenters. The highest BCUT2D eigenvalue weighted by molar-refractivity contribution is 5.93. The molecule has 1 heterocycles. The van der Waals surface area contributed by atoms with Crippen molar-refractivity contribution in [3.05, 3.63) is 52.9 Å². The van der Waals surface area contributed by atoms with Gasteiger partial charge in [0, 0.05) is 12.5 Å². The minimum absolute atomic E-state index is 0.218. The molecule has 0 bridgehead atoms. The Hall–Kier alpha value is -2.63. The first-order chi connectivity index (χ1) is 11.9. The lowest BCUT2D eigenvalue weighted by Gasteiger charge is -2.18. The molecule has 1 aromatic heterocycles. The smallest absolute Gasteiger partial charge is 0.344 e. The minimum atomic E-state index is -0.894. The number of rotatable bonds is 7. The molecule has 2 aromatic rings. The number of ether oxygens (including phenoxy) is 1. The Bertz CT molecular complexity index is 705. The average molecular weight is 344 g/mol. The summed E-state index contributed by atoms with van der Waals surface area (Å²) in [6.45, 7) is 7.41. The standard InChI is InChI=1S/C19H24N2O4/c1-5-15(16-9-7-6-8-10-16)11-20-18(22)14(4)24-19(23)17-12(2)21-25-13(17)3/h6-10,14-15H,5,11H2,1-4H3,(H,20,22)/t14-,15-/m1/s1. The first-order valence-electron chi connectivity index (χ1n) is 8.40. The third-order valence-corrected chi connectivity index (χ3v) is 4.18. The summed E-state index contributed by atoms with van der Waals surface area (Å²) >= 11 is 0. The van der Waals surface area contributed by atoms with Gasteiger partial charge in [-0.1, -0.05) is 42.4 Å². The number of nitrogens with zero attached hydrogens (tertiary/aromatic N) is 1. The summed E-state index contributed by atoms with van der Waals surface area (Å²) in [5.41, 5.74) is 1.89. The number of esters is 1. The van der Waals surface area contributed by atoms with Crippen LogP contribution in [0.3, 0.4) is 0 Å². The first-order valence-corrected chi connectivity index (χ1v) is 8.40. The molecule has 0 spiro atoms. The summed E-state index contributed by atoms with van der Waals surface area (Å²) < 4.78 is 10.2. The number of aromatic nitrogens is 1. The van der Waals surface area contributed by atoms with Gasteiger partial charge in [0.05, 0.1) is 5.69 Å². The van der Waals surface area contributed by atoms with Gasteiger partial charge in [-0.25, -0.2) is 4.79 Å². The first kappa shape index (κ1) is 18.7. The van der Waals surface area contributed by atoms with Crippen molar-refractivity contribution in [1.29, 1.82) is 0 Å². The fraction of sp³-hybridized carbons (Fsp3) is 0.421. The predicted molar refractivity (Wildman–Crippen MR) is 93.3 cm³/mol. The van der Waals surface area contributed by atoms with Crippen LogP contribution >= 0.6 is 0 Å². The molecule has 0 radical (unpaired) electrons. The van der Waals surface area contributed by atoms with Gasteiger partial charge < -0.3 is 14.6 Å². The molecule has 1 N–H and O–H groups in total. The molecule has 25 heavy (non-hydrogen) atoms. The highest BCUT2D eigenvalue weighted by atomic mass is 16.5. The second-order valence-corrected chi connectivity index (χ2v) is 6.01. The summed E-state index contributed by atoms with van der Waals surface area (Å²) in [7, 11) is 0. The van der Waals surface area contributed by atoms with Crippen LogP contribution in [0.25, 0.3) is 0 Å². The van der Waals surface area contributed by atoms with E-state index in [1.807, 2.05) is 30.3 Å². The summed E-state index contributed by atoms with van der Waals surface area (Å²) in [5, 5.41) is 6.57. The van der Waals surface area contributed by atoms with Crippen LogP contribution < -0.4 is 5.32 Å². The van der Waals surface area contributed by atoms with E-state index in [-0.39, 0.29) is 17.4 Å². The number of nitrogens with one attached hydrogen (secondary N) is 1. The van der Waals surface area contributed by atoms with Crippen LogP contribution in [0.4, 0.5) is 0 Å². The summed E-state index contributed by atoms with van der Waals surface area (Å²) in [6.07, 6.45) is 0.00634. The average Bonchev–Trinajstić information content (AvgIpc) is 2.94. The number of amides is 1. The zero-order chi connectivity index (χ0) is 18.4. The van der Waals surface area contributed by atoms with Gasteiger partial charge in [0.25, 0.3) is 5.91 Å². The van der Waals surface area contributed by atoms with Crippen LogP contribution in [0.1, 0.15) is 53.6 Å². The lowest BCUT2D eigenvalue weighted by molar-refractivity contribution is -0.129. The van der Waals surface area contributed by atoms with Gasteiger partial charge in [-0.15, -0.1) is 0 Å². The van der Waals surface area contributed by atoms with Crippen molar-refractivity contribution in [1.82, 2.24) is 10.5 Å². The number of aryl methyl sites for hydroxylation is 2. The summed E-state index contributed by atoms with van der Waals surface area (Å²) in [6, 6.07) is 10.0. The zero-order valence-corrected chi connectivity index (χ0v) is 15.0. The van der Waals surface area contributed by atoms with Crippen LogP contribution in [0.2, 0.25) is 0 Å². The number of carbonyl (C=O) groups is 2. The minimum Gasteiger partial charge on any atom is -0.449 e. The van der Waals surface area contributed by atoms with Crippen LogP contribution in [-0.4, -0.2) is 29.7 Å². The van der Waals surface area contributed by atoms with Crippen molar-refractivity contribution in [3.63, 3.8) is 0 Å². The van der Waals surface area contributed by atoms with E-state index < -0.39 is 12.1 Å². The lowest BCUT2D eigenvalue weighted by Crippen LogP contribution is -2.38. The summed E-state index contributed by atoms with van der Waals surface area (Å²) in [4.78, 5) is 24.4. The van der Waals surface area contributed by atoms with Crippen molar-refractivity contribution in [3.8, 4) is 0 Å². The van der Waals surface area contributed by atoms with Gasteiger partial charge in [-0.2, -0.15) is 0 Å². The van der Waals surface area contributed by atoms with Crippen molar-refractivity contribution in [2.75, 3.05) is 6.54 Å². The monoisotopic (exact) mass is 344 g/mol. The van der Waals surface area contributed by atoms with Gasteiger partial charge in [-0.05, 0) is 32.8 Å². The van der Waals surface area contributed by atoms with E-state index in [9.17, 15) is 9.59 Å². The molecule has 6 nitrogen and oxygen atoms in total. The molecule has 1 amide bonds. The van der Waals surface area contributed by atoms with Crippen molar-refractivity contribution >= 4 is 11.9 Å². The molecular formula is C19H24N2O4. The van der Waals surface area contributed by atoms with Crippen molar-refractivity contribution in [2.24, 2.45) is 0 Å². The second-order valence-electron chi connectivity index (χ2n) is 6.01. The van der Waals surface area contributed by atoms with Crippen molar-refractivity contribution in [2.45, 2.75) is 46.1 Å². The van der Waals surface area contributed by atoms with E-state index in [0.29, 0.717) is 18.0 Å². The summed E-state index contributed by atoms with van der Waals surface area (Å²) in [5.74, 6) is -0.329. The highest BCUT2D eigenvalue weighted by Crippen LogP contribution is 2.18. The van der Waals surface area contributed by atoms with Crippen molar-refractivity contribution < 1.29 is 18.8 Å².